The average Bonchev–Trinajstić information content (AvgIpc) is 2.76. The van der Waals surface area contributed by atoms with Crippen LogP contribution in [0.4, 0.5) is 0 Å². The minimum atomic E-state index is -0.747. The van der Waals surface area contributed by atoms with Gasteiger partial charge in [0.05, 0.1) is 11.8 Å². The highest BCUT2D eigenvalue weighted by Crippen LogP contribution is 2.06. The van der Waals surface area contributed by atoms with E-state index in [0.717, 1.165) is 0 Å². The lowest BCUT2D eigenvalue weighted by molar-refractivity contribution is -0.123. The molecular formula is C23H28N4O3. The molecule has 0 spiro atoms. The number of carbonyl (C=O) groups excluding carboxylic acids is 3. The standard InChI is InChI=1S/C23H28N4O3/c1-15(2)20(25-22(29)19-13-9-6-10-14-19)23(30)27-26-17(4)16(3)24-21(28)18-11-7-5-8-12-18/h5-16,20H,1-4H3,(H,24,28)(H,25,29)(H,27,30)/b26-17+. The molecule has 3 amide bonds. The van der Waals surface area contributed by atoms with Crippen molar-refractivity contribution in [3.63, 3.8) is 0 Å². The molecule has 0 fully saturated rings. The van der Waals surface area contributed by atoms with Gasteiger partial charge in [-0.05, 0) is 44.0 Å². The van der Waals surface area contributed by atoms with Crippen molar-refractivity contribution in [2.45, 2.75) is 39.8 Å². The van der Waals surface area contributed by atoms with Crippen LogP contribution in [-0.4, -0.2) is 35.5 Å². The summed E-state index contributed by atoms with van der Waals surface area (Å²) in [6.07, 6.45) is 0. The third-order valence-electron chi connectivity index (χ3n) is 4.62. The fourth-order valence-corrected chi connectivity index (χ4v) is 2.63. The molecule has 0 radical (unpaired) electrons. The minimum Gasteiger partial charge on any atom is -0.344 e. The van der Waals surface area contributed by atoms with E-state index < -0.39 is 11.9 Å². The lowest BCUT2D eigenvalue weighted by atomic mass is 10.0. The lowest BCUT2D eigenvalue weighted by Crippen LogP contribution is -2.49. The van der Waals surface area contributed by atoms with Gasteiger partial charge in [0.15, 0.2) is 0 Å². The zero-order chi connectivity index (χ0) is 22.1. The number of hydrogen-bond acceptors (Lipinski definition) is 4. The fraction of sp³-hybridized carbons (Fsp3) is 0.304. The summed E-state index contributed by atoms with van der Waals surface area (Å²) in [7, 11) is 0. The van der Waals surface area contributed by atoms with Crippen LogP contribution in [0.1, 0.15) is 48.4 Å². The Kier molecular flexibility index (Phi) is 8.29. The molecule has 2 unspecified atom stereocenters. The Hall–Kier alpha value is -3.48. The van der Waals surface area contributed by atoms with Crippen LogP contribution in [0.5, 0.6) is 0 Å². The quantitative estimate of drug-likeness (QED) is 0.463. The molecule has 2 rings (SSSR count). The maximum atomic E-state index is 12.6. The molecule has 3 N–H and O–H groups in total. The summed E-state index contributed by atoms with van der Waals surface area (Å²) in [6, 6.07) is 16.4. The number of rotatable bonds is 8. The molecule has 0 saturated heterocycles. The summed E-state index contributed by atoms with van der Waals surface area (Å²) in [5, 5.41) is 9.69. The van der Waals surface area contributed by atoms with Crippen LogP contribution < -0.4 is 16.1 Å². The van der Waals surface area contributed by atoms with E-state index in [4.69, 9.17) is 0 Å². The number of hydrogen-bond donors (Lipinski definition) is 3. The highest BCUT2D eigenvalue weighted by molar-refractivity contribution is 5.99. The van der Waals surface area contributed by atoms with Gasteiger partial charge in [-0.2, -0.15) is 5.10 Å². The van der Waals surface area contributed by atoms with Crippen molar-refractivity contribution in [1.29, 1.82) is 0 Å². The zero-order valence-corrected chi connectivity index (χ0v) is 17.7. The van der Waals surface area contributed by atoms with E-state index in [9.17, 15) is 14.4 Å². The third kappa shape index (κ3) is 6.55. The second-order valence-electron chi connectivity index (χ2n) is 7.35. The van der Waals surface area contributed by atoms with Crippen molar-refractivity contribution in [2.24, 2.45) is 11.0 Å². The number of amides is 3. The predicted octanol–water partition coefficient (Wildman–Crippen LogP) is 2.75. The van der Waals surface area contributed by atoms with E-state index in [0.29, 0.717) is 16.8 Å². The van der Waals surface area contributed by atoms with Crippen molar-refractivity contribution in [2.75, 3.05) is 0 Å². The molecule has 2 aromatic rings. The first-order valence-corrected chi connectivity index (χ1v) is 9.85. The molecule has 0 heterocycles. The number of carbonyl (C=O) groups is 3. The maximum absolute atomic E-state index is 12.6. The first kappa shape index (κ1) is 22.8. The third-order valence-corrected chi connectivity index (χ3v) is 4.62. The van der Waals surface area contributed by atoms with Gasteiger partial charge in [-0.25, -0.2) is 5.43 Å². The molecular weight excluding hydrogens is 380 g/mol. The molecule has 0 saturated carbocycles. The Labute approximate surface area is 177 Å². The van der Waals surface area contributed by atoms with Gasteiger partial charge in [0.2, 0.25) is 0 Å². The van der Waals surface area contributed by atoms with Crippen LogP contribution in [0.15, 0.2) is 65.8 Å². The minimum absolute atomic E-state index is 0.136. The topological polar surface area (TPSA) is 99.7 Å². The second kappa shape index (κ2) is 10.9. The molecule has 0 aromatic heterocycles. The Bertz CT molecular complexity index is 895. The van der Waals surface area contributed by atoms with Gasteiger partial charge in [0, 0.05) is 11.1 Å². The van der Waals surface area contributed by atoms with E-state index in [2.05, 4.69) is 21.2 Å². The van der Waals surface area contributed by atoms with E-state index >= 15 is 0 Å². The van der Waals surface area contributed by atoms with Gasteiger partial charge in [-0.15, -0.1) is 0 Å². The first-order chi connectivity index (χ1) is 14.3. The molecule has 2 aromatic carbocycles. The highest BCUT2D eigenvalue weighted by Gasteiger charge is 2.24. The van der Waals surface area contributed by atoms with Crippen molar-refractivity contribution in [3.8, 4) is 0 Å². The summed E-state index contributed by atoms with van der Waals surface area (Å²) in [5.41, 5.74) is 4.06. The SMILES string of the molecule is C/C(=N\NC(=O)C(NC(=O)c1ccccc1)C(C)C)C(C)NC(=O)c1ccccc1. The van der Waals surface area contributed by atoms with Crippen molar-refractivity contribution in [1.82, 2.24) is 16.1 Å². The Morgan fingerprint density at radius 2 is 1.23 bits per heavy atom. The largest absolute Gasteiger partial charge is 0.344 e. The molecule has 7 nitrogen and oxygen atoms in total. The van der Waals surface area contributed by atoms with Gasteiger partial charge in [-0.3, -0.25) is 14.4 Å². The van der Waals surface area contributed by atoms with Gasteiger partial charge in [0.1, 0.15) is 6.04 Å². The predicted molar refractivity (Wildman–Crippen MR) is 117 cm³/mol. The summed E-state index contributed by atoms with van der Waals surface area (Å²) < 4.78 is 0. The number of nitrogens with one attached hydrogen (secondary N) is 3. The maximum Gasteiger partial charge on any atom is 0.262 e. The van der Waals surface area contributed by atoms with E-state index in [-0.39, 0.29) is 23.8 Å². The molecule has 2 atom stereocenters. The van der Waals surface area contributed by atoms with Crippen LogP contribution in [-0.2, 0) is 4.79 Å². The van der Waals surface area contributed by atoms with E-state index in [1.165, 1.54) is 0 Å². The monoisotopic (exact) mass is 408 g/mol. The Morgan fingerprint density at radius 1 is 0.767 bits per heavy atom. The average molecular weight is 409 g/mol. The Balaban J connectivity index is 1.96. The van der Waals surface area contributed by atoms with Gasteiger partial charge in [0.25, 0.3) is 17.7 Å². The smallest absolute Gasteiger partial charge is 0.262 e. The normalized spacial score (nSPS) is 13.3. The highest BCUT2D eigenvalue weighted by atomic mass is 16.2. The Morgan fingerprint density at radius 3 is 1.70 bits per heavy atom. The van der Waals surface area contributed by atoms with Crippen LogP contribution in [0.3, 0.4) is 0 Å². The molecule has 0 aliphatic heterocycles. The molecule has 0 aliphatic rings. The van der Waals surface area contributed by atoms with Crippen LogP contribution in [0, 0.1) is 5.92 Å². The molecule has 7 heteroatoms. The second-order valence-corrected chi connectivity index (χ2v) is 7.35. The molecule has 30 heavy (non-hydrogen) atoms. The number of hydrazone groups is 1. The number of benzene rings is 2. The van der Waals surface area contributed by atoms with E-state index in [1.54, 1.807) is 62.4 Å². The van der Waals surface area contributed by atoms with Gasteiger partial charge in [-0.1, -0.05) is 50.2 Å². The van der Waals surface area contributed by atoms with Gasteiger partial charge < -0.3 is 10.6 Å². The van der Waals surface area contributed by atoms with Crippen molar-refractivity contribution in [3.05, 3.63) is 71.8 Å². The van der Waals surface area contributed by atoms with Gasteiger partial charge >= 0.3 is 0 Å². The molecule has 158 valence electrons. The zero-order valence-electron chi connectivity index (χ0n) is 17.7. The van der Waals surface area contributed by atoms with Crippen LogP contribution in [0.2, 0.25) is 0 Å². The first-order valence-electron chi connectivity index (χ1n) is 9.85. The van der Waals surface area contributed by atoms with Crippen molar-refractivity contribution < 1.29 is 14.4 Å². The van der Waals surface area contributed by atoms with E-state index in [1.807, 2.05) is 26.0 Å². The summed E-state index contributed by atoms with van der Waals surface area (Å²) in [6.45, 7) is 7.18. The summed E-state index contributed by atoms with van der Waals surface area (Å²) in [4.78, 5) is 37.2. The lowest BCUT2D eigenvalue weighted by Gasteiger charge is -2.21. The van der Waals surface area contributed by atoms with Crippen LogP contribution in [0.25, 0.3) is 0 Å². The van der Waals surface area contributed by atoms with Crippen molar-refractivity contribution >= 4 is 23.4 Å². The summed E-state index contributed by atoms with van der Waals surface area (Å²) in [5.74, 6) is -1.11. The summed E-state index contributed by atoms with van der Waals surface area (Å²) >= 11 is 0. The molecule has 0 aliphatic carbocycles. The molecule has 0 bridgehead atoms. The number of nitrogens with zero attached hydrogens (tertiary/aromatic N) is 1. The fourth-order valence-electron chi connectivity index (χ4n) is 2.63. The van der Waals surface area contributed by atoms with Crippen LogP contribution >= 0.6 is 0 Å².